The molecule has 19 heavy (non-hydrogen) atoms. The Morgan fingerprint density at radius 1 is 1.37 bits per heavy atom. The van der Waals surface area contributed by atoms with Crippen LogP contribution in [0.1, 0.15) is 26.7 Å². The molecule has 2 aliphatic heterocycles. The smallest absolute Gasteiger partial charge is 0.251 e. The van der Waals surface area contributed by atoms with Crippen molar-refractivity contribution in [1.29, 1.82) is 0 Å². The number of carbonyl (C=O) groups excluding carboxylic acids is 2. The van der Waals surface area contributed by atoms with Crippen molar-refractivity contribution in [2.24, 2.45) is 5.92 Å². The number of aliphatic hydroxyl groups excluding tert-OH is 1. The molecule has 2 fully saturated rings. The van der Waals surface area contributed by atoms with Crippen LogP contribution in [0.2, 0.25) is 0 Å². The fraction of sp³-hybridized carbons (Fsp3) is 0.846. The maximum absolute atomic E-state index is 12.1. The van der Waals surface area contributed by atoms with Crippen LogP contribution < -0.4 is 0 Å². The van der Waals surface area contributed by atoms with E-state index in [2.05, 4.69) is 0 Å². The molecule has 2 saturated heterocycles. The Morgan fingerprint density at radius 3 is 2.37 bits per heavy atom. The molecule has 1 N–H and O–H groups in total. The average molecular weight is 286 g/mol. The molecule has 2 aliphatic rings. The van der Waals surface area contributed by atoms with E-state index >= 15 is 0 Å². The van der Waals surface area contributed by atoms with Gasteiger partial charge in [0.05, 0.1) is 10.6 Å². The van der Waals surface area contributed by atoms with Gasteiger partial charge in [-0.1, -0.05) is 13.8 Å². The fourth-order valence-corrected chi connectivity index (χ4v) is 4.00. The second kappa shape index (κ2) is 5.32. The molecular weight excluding hydrogens is 264 g/mol. The van der Waals surface area contributed by atoms with Gasteiger partial charge >= 0.3 is 0 Å². The zero-order valence-corrected chi connectivity index (χ0v) is 12.6. The van der Waals surface area contributed by atoms with Crippen molar-refractivity contribution < 1.29 is 14.7 Å². The number of carbonyl (C=O) groups is 2. The number of hydrogen-bond donors (Lipinski definition) is 1. The van der Waals surface area contributed by atoms with Gasteiger partial charge in [-0.25, -0.2) is 0 Å². The monoisotopic (exact) mass is 286 g/mol. The van der Waals surface area contributed by atoms with Gasteiger partial charge in [0.1, 0.15) is 6.10 Å². The van der Waals surface area contributed by atoms with Crippen LogP contribution in [0.3, 0.4) is 0 Å². The largest absolute Gasteiger partial charge is 0.383 e. The Hall–Kier alpha value is -0.750. The quantitative estimate of drug-likeness (QED) is 0.804. The molecule has 0 aromatic carbocycles. The minimum Gasteiger partial charge on any atom is -0.383 e. The summed E-state index contributed by atoms with van der Waals surface area (Å²) in [5.41, 5.74) is 0. The number of hydrogen-bond acceptors (Lipinski definition) is 4. The minimum atomic E-state index is -0.912. The molecule has 0 unspecified atom stereocenters. The van der Waals surface area contributed by atoms with E-state index < -0.39 is 6.10 Å². The molecule has 2 heterocycles. The van der Waals surface area contributed by atoms with Crippen molar-refractivity contribution >= 4 is 23.6 Å². The van der Waals surface area contributed by atoms with Gasteiger partial charge in [0, 0.05) is 20.1 Å². The van der Waals surface area contributed by atoms with Crippen LogP contribution in [-0.2, 0) is 9.59 Å². The van der Waals surface area contributed by atoms with E-state index in [9.17, 15) is 14.7 Å². The van der Waals surface area contributed by atoms with Gasteiger partial charge < -0.3 is 14.9 Å². The summed E-state index contributed by atoms with van der Waals surface area (Å²) >= 11 is 1.69. The van der Waals surface area contributed by atoms with Crippen molar-refractivity contribution in [2.75, 3.05) is 25.9 Å². The molecule has 108 valence electrons. The number of amides is 2. The molecule has 0 bridgehead atoms. The molecule has 2 amide bonds. The highest BCUT2D eigenvalue weighted by molar-refractivity contribution is 8.01. The van der Waals surface area contributed by atoms with E-state index in [1.165, 1.54) is 0 Å². The second-order valence-electron chi connectivity index (χ2n) is 5.70. The van der Waals surface area contributed by atoms with Crippen LogP contribution in [0.5, 0.6) is 0 Å². The molecule has 5 nitrogen and oxygen atoms in total. The second-order valence-corrected chi connectivity index (χ2v) is 7.04. The van der Waals surface area contributed by atoms with Crippen LogP contribution in [0.25, 0.3) is 0 Å². The fourth-order valence-electron chi connectivity index (χ4n) is 2.65. The maximum Gasteiger partial charge on any atom is 0.251 e. The molecule has 0 radical (unpaired) electrons. The Bertz CT molecular complexity index is 378. The van der Waals surface area contributed by atoms with Crippen LogP contribution in [-0.4, -0.2) is 63.6 Å². The normalized spacial score (nSPS) is 24.4. The summed E-state index contributed by atoms with van der Waals surface area (Å²) in [5.74, 6) is 0.473. The highest BCUT2D eigenvalue weighted by Gasteiger charge is 2.46. The van der Waals surface area contributed by atoms with Crippen LogP contribution in [0, 0.1) is 5.92 Å². The third-order valence-corrected chi connectivity index (χ3v) is 5.80. The zero-order valence-electron chi connectivity index (χ0n) is 11.8. The summed E-state index contributed by atoms with van der Waals surface area (Å²) in [7, 11) is 1.85. The Balaban J connectivity index is 1.96. The molecule has 1 atom stereocenters. The summed E-state index contributed by atoms with van der Waals surface area (Å²) in [5, 5.41) is 9.84. The van der Waals surface area contributed by atoms with E-state index in [0.717, 1.165) is 12.8 Å². The van der Waals surface area contributed by atoms with E-state index in [1.807, 2.05) is 25.8 Å². The third kappa shape index (κ3) is 2.60. The molecule has 0 aromatic rings. The van der Waals surface area contributed by atoms with Gasteiger partial charge in [-0.2, -0.15) is 0 Å². The molecule has 6 heteroatoms. The summed E-state index contributed by atoms with van der Waals surface area (Å²) in [6.45, 7) is 4.92. The number of rotatable bonds is 2. The maximum atomic E-state index is 12.1. The molecule has 1 spiro atoms. The minimum absolute atomic E-state index is 0.0616. The lowest BCUT2D eigenvalue weighted by Gasteiger charge is -2.43. The van der Waals surface area contributed by atoms with Crippen molar-refractivity contribution in [3.8, 4) is 0 Å². The Morgan fingerprint density at radius 2 is 1.95 bits per heavy atom. The van der Waals surface area contributed by atoms with Crippen molar-refractivity contribution in [2.45, 2.75) is 37.7 Å². The van der Waals surface area contributed by atoms with E-state index in [1.54, 1.807) is 16.7 Å². The first-order chi connectivity index (χ1) is 8.87. The predicted molar refractivity (Wildman–Crippen MR) is 74.6 cm³/mol. The van der Waals surface area contributed by atoms with Gasteiger partial charge in [0.15, 0.2) is 0 Å². The lowest BCUT2D eigenvalue weighted by molar-refractivity contribution is -0.144. The summed E-state index contributed by atoms with van der Waals surface area (Å²) in [6, 6.07) is 0. The van der Waals surface area contributed by atoms with Gasteiger partial charge in [-0.15, -0.1) is 11.8 Å². The van der Waals surface area contributed by atoms with Gasteiger partial charge in [-0.3, -0.25) is 9.59 Å². The topological polar surface area (TPSA) is 60.9 Å². The first-order valence-electron chi connectivity index (χ1n) is 6.75. The zero-order chi connectivity index (χ0) is 14.2. The van der Waals surface area contributed by atoms with Gasteiger partial charge in [0.2, 0.25) is 5.91 Å². The van der Waals surface area contributed by atoms with Gasteiger partial charge in [-0.05, 0) is 18.8 Å². The third-order valence-electron chi connectivity index (χ3n) is 4.19. The van der Waals surface area contributed by atoms with E-state index in [0.29, 0.717) is 18.8 Å². The van der Waals surface area contributed by atoms with E-state index in [-0.39, 0.29) is 22.6 Å². The highest BCUT2D eigenvalue weighted by Crippen LogP contribution is 2.43. The first-order valence-corrected chi connectivity index (χ1v) is 7.73. The average Bonchev–Trinajstić information content (AvgIpc) is 2.67. The molecule has 0 aliphatic carbocycles. The summed E-state index contributed by atoms with van der Waals surface area (Å²) in [6.07, 6.45) is 0.664. The Labute approximate surface area is 118 Å². The summed E-state index contributed by atoms with van der Waals surface area (Å²) < 4.78 is 0. The molecule has 2 rings (SSSR count). The molecular formula is C13H22N2O3S. The number of nitrogens with zero attached hydrogens (tertiary/aromatic N) is 2. The SMILES string of the molecule is CC(C)[C@H](O)C(=O)N1CCC2(CC1)SCC(=O)N2C. The molecule has 0 aromatic heterocycles. The standard InChI is InChI=1S/C13H22N2O3S/c1-9(2)11(17)12(18)15-6-4-13(5-7-15)14(3)10(16)8-19-13/h9,11,17H,4-8H2,1-3H3/t11-/m0/s1. The molecule has 0 saturated carbocycles. The predicted octanol–water partition coefficient (Wildman–Crippen LogP) is 0.527. The first kappa shape index (κ1) is 14.7. The van der Waals surface area contributed by atoms with E-state index in [4.69, 9.17) is 0 Å². The number of likely N-dealkylation sites (tertiary alicyclic amines) is 1. The van der Waals surface area contributed by atoms with Gasteiger partial charge in [0.25, 0.3) is 5.91 Å². The lowest BCUT2D eigenvalue weighted by atomic mass is 10.00. The van der Waals surface area contributed by atoms with Crippen LogP contribution in [0.15, 0.2) is 0 Å². The Kier molecular flexibility index (Phi) is 4.11. The number of piperidine rings is 1. The lowest BCUT2D eigenvalue weighted by Crippen LogP contribution is -2.53. The van der Waals surface area contributed by atoms with Crippen LogP contribution >= 0.6 is 11.8 Å². The number of aliphatic hydroxyl groups is 1. The van der Waals surface area contributed by atoms with Crippen molar-refractivity contribution in [1.82, 2.24) is 9.80 Å². The van der Waals surface area contributed by atoms with Crippen molar-refractivity contribution in [3.05, 3.63) is 0 Å². The van der Waals surface area contributed by atoms with Crippen molar-refractivity contribution in [3.63, 3.8) is 0 Å². The van der Waals surface area contributed by atoms with Crippen LogP contribution in [0.4, 0.5) is 0 Å². The summed E-state index contributed by atoms with van der Waals surface area (Å²) in [4.78, 5) is 27.2. The highest BCUT2D eigenvalue weighted by atomic mass is 32.2. The number of thioether (sulfide) groups is 1.